The summed E-state index contributed by atoms with van der Waals surface area (Å²) in [6.07, 6.45) is 1.39. The van der Waals surface area contributed by atoms with E-state index in [0.717, 1.165) is 12.8 Å². The van der Waals surface area contributed by atoms with Crippen LogP contribution in [0.3, 0.4) is 0 Å². The fraction of sp³-hybridized carbons (Fsp3) is 1.00. The highest BCUT2D eigenvalue weighted by atomic mass is 32.2. The molecule has 4 nitrogen and oxygen atoms in total. The molecule has 0 bridgehead atoms. The van der Waals surface area contributed by atoms with Gasteiger partial charge in [0.15, 0.2) is 9.84 Å². The topological polar surface area (TPSA) is 66.4 Å². The summed E-state index contributed by atoms with van der Waals surface area (Å²) in [5.74, 6) is 0.595. The zero-order valence-electron chi connectivity index (χ0n) is 10.3. The summed E-state index contributed by atoms with van der Waals surface area (Å²) in [5.41, 5.74) is 0. The maximum atomic E-state index is 11.3. The van der Waals surface area contributed by atoms with Gasteiger partial charge in [0.2, 0.25) is 0 Å². The van der Waals surface area contributed by atoms with Gasteiger partial charge in [0, 0.05) is 12.1 Å². The molecule has 0 aromatic rings. The first-order valence-corrected chi connectivity index (χ1v) is 7.80. The van der Waals surface area contributed by atoms with E-state index in [1.54, 1.807) is 0 Å². The van der Waals surface area contributed by atoms with Crippen LogP contribution in [0, 0.1) is 5.92 Å². The number of aliphatic hydroxyl groups is 1. The molecule has 0 radical (unpaired) electrons. The summed E-state index contributed by atoms with van der Waals surface area (Å²) in [6, 6.07) is -0.0352. The second-order valence-corrected chi connectivity index (χ2v) is 7.22. The Balaban J connectivity index is 2.43. The van der Waals surface area contributed by atoms with Gasteiger partial charge in [0.1, 0.15) is 0 Å². The first-order valence-electron chi connectivity index (χ1n) is 5.98. The largest absolute Gasteiger partial charge is 0.390 e. The molecule has 0 amide bonds. The van der Waals surface area contributed by atoms with Crippen LogP contribution in [0.5, 0.6) is 0 Å². The van der Waals surface area contributed by atoms with Crippen molar-refractivity contribution in [2.45, 2.75) is 51.8 Å². The van der Waals surface area contributed by atoms with Crippen molar-refractivity contribution in [2.24, 2.45) is 5.92 Å². The molecule has 1 aliphatic heterocycles. The van der Waals surface area contributed by atoms with E-state index < -0.39 is 15.9 Å². The Kier molecular flexibility index (Phi) is 4.76. The maximum Gasteiger partial charge on any atom is 0.154 e. The third-order valence-corrected chi connectivity index (χ3v) is 4.99. The van der Waals surface area contributed by atoms with Gasteiger partial charge in [0.25, 0.3) is 0 Å². The number of hydrogen-bond donors (Lipinski definition) is 2. The molecular weight excluding hydrogens is 226 g/mol. The molecule has 1 rings (SSSR count). The Bertz CT molecular complexity index is 315. The summed E-state index contributed by atoms with van der Waals surface area (Å²) >= 11 is 0. The van der Waals surface area contributed by atoms with E-state index in [1.807, 2.05) is 6.92 Å². The molecule has 1 fully saturated rings. The molecule has 1 saturated heterocycles. The lowest BCUT2D eigenvalue weighted by Crippen LogP contribution is -2.44. The third-order valence-electron chi connectivity index (χ3n) is 3.27. The summed E-state index contributed by atoms with van der Waals surface area (Å²) in [6.45, 7) is 6.37. The van der Waals surface area contributed by atoms with Crippen LogP contribution in [0.2, 0.25) is 0 Å². The predicted molar refractivity (Wildman–Crippen MR) is 65.1 cm³/mol. The van der Waals surface area contributed by atoms with Crippen LogP contribution in [-0.4, -0.2) is 43.2 Å². The molecule has 0 saturated carbocycles. The van der Waals surface area contributed by atoms with E-state index in [9.17, 15) is 13.5 Å². The maximum absolute atomic E-state index is 11.3. The van der Waals surface area contributed by atoms with Gasteiger partial charge in [-0.3, -0.25) is 0 Å². The van der Waals surface area contributed by atoms with Gasteiger partial charge in [-0.2, -0.15) is 0 Å². The van der Waals surface area contributed by atoms with E-state index in [2.05, 4.69) is 19.2 Å². The third kappa shape index (κ3) is 4.03. The fourth-order valence-corrected chi connectivity index (χ4v) is 3.95. The standard InChI is InChI=1S/C11H23NO3S/c1-4-8(2)5-9(3)12-10-6-16(14,15)7-11(10)13/h8-13H,4-7H2,1-3H3. The zero-order chi connectivity index (χ0) is 12.3. The van der Waals surface area contributed by atoms with E-state index in [0.29, 0.717) is 5.92 Å². The van der Waals surface area contributed by atoms with Crippen LogP contribution in [0.15, 0.2) is 0 Å². The van der Waals surface area contributed by atoms with Crippen LogP contribution in [0.25, 0.3) is 0 Å². The Hall–Kier alpha value is -0.130. The number of sulfone groups is 1. The van der Waals surface area contributed by atoms with E-state index >= 15 is 0 Å². The second kappa shape index (κ2) is 5.47. The molecule has 4 unspecified atom stereocenters. The molecule has 0 aromatic heterocycles. The van der Waals surface area contributed by atoms with Crippen LogP contribution in [0.4, 0.5) is 0 Å². The molecule has 16 heavy (non-hydrogen) atoms. The van der Waals surface area contributed by atoms with Crippen LogP contribution in [-0.2, 0) is 9.84 Å². The smallest absolute Gasteiger partial charge is 0.154 e. The van der Waals surface area contributed by atoms with Gasteiger partial charge >= 0.3 is 0 Å². The number of aliphatic hydroxyl groups excluding tert-OH is 1. The molecule has 0 aliphatic carbocycles. The molecule has 0 aromatic carbocycles. The predicted octanol–water partition coefficient (Wildman–Crippen LogP) is 0.559. The Morgan fingerprint density at radius 3 is 2.44 bits per heavy atom. The minimum Gasteiger partial charge on any atom is -0.390 e. The Morgan fingerprint density at radius 1 is 1.38 bits per heavy atom. The van der Waals surface area contributed by atoms with Gasteiger partial charge in [0.05, 0.1) is 17.6 Å². The van der Waals surface area contributed by atoms with Gasteiger partial charge in [-0.15, -0.1) is 0 Å². The van der Waals surface area contributed by atoms with Gasteiger partial charge in [-0.05, 0) is 19.3 Å². The molecule has 2 N–H and O–H groups in total. The molecule has 1 aliphatic rings. The number of hydrogen-bond acceptors (Lipinski definition) is 4. The van der Waals surface area contributed by atoms with Crippen LogP contribution < -0.4 is 5.32 Å². The minimum atomic E-state index is -3.04. The summed E-state index contributed by atoms with van der Waals surface area (Å²) < 4.78 is 22.6. The summed E-state index contributed by atoms with van der Waals surface area (Å²) in [5, 5.41) is 12.8. The summed E-state index contributed by atoms with van der Waals surface area (Å²) in [4.78, 5) is 0. The minimum absolute atomic E-state index is 0.0685. The molecule has 5 heteroatoms. The van der Waals surface area contributed by atoms with Gasteiger partial charge < -0.3 is 10.4 Å². The highest BCUT2D eigenvalue weighted by Gasteiger charge is 2.36. The van der Waals surface area contributed by atoms with Gasteiger partial charge in [-0.1, -0.05) is 20.3 Å². The van der Waals surface area contributed by atoms with Crippen molar-refractivity contribution in [3.8, 4) is 0 Å². The van der Waals surface area contributed by atoms with Crippen LogP contribution >= 0.6 is 0 Å². The average molecular weight is 249 g/mol. The van der Waals surface area contributed by atoms with Crippen molar-refractivity contribution in [1.82, 2.24) is 5.32 Å². The quantitative estimate of drug-likeness (QED) is 0.747. The van der Waals surface area contributed by atoms with Crippen molar-refractivity contribution >= 4 is 9.84 Å². The first kappa shape index (κ1) is 13.9. The van der Waals surface area contributed by atoms with E-state index in [1.165, 1.54) is 0 Å². The van der Waals surface area contributed by atoms with Crippen molar-refractivity contribution in [3.05, 3.63) is 0 Å². The molecule has 4 atom stereocenters. The first-order chi connectivity index (χ1) is 7.34. The molecule has 96 valence electrons. The van der Waals surface area contributed by atoms with Crippen molar-refractivity contribution in [2.75, 3.05) is 11.5 Å². The molecule has 0 spiro atoms. The number of rotatable bonds is 5. The Labute approximate surface area is 98.4 Å². The lowest BCUT2D eigenvalue weighted by Gasteiger charge is -2.23. The molecular formula is C11H23NO3S. The van der Waals surface area contributed by atoms with E-state index in [4.69, 9.17) is 0 Å². The fourth-order valence-electron chi connectivity index (χ4n) is 2.19. The highest BCUT2D eigenvalue weighted by Crippen LogP contribution is 2.15. The highest BCUT2D eigenvalue weighted by molar-refractivity contribution is 7.91. The normalized spacial score (nSPS) is 32.5. The van der Waals surface area contributed by atoms with E-state index in [-0.39, 0.29) is 23.6 Å². The zero-order valence-corrected chi connectivity index (χ0v) is 11.1. The molecule has 1 heterocycles. The van der Waals surface area contributed by atoms with Gasteiger partial charge in [-0.25, -0.2) is 8.42 Å². The summed E-state index contributed by atoms with van der Waals surface area (Å²) in [7, 11) is -3.04. The van der Waals surface area contributed by atoms with Crippen molar-refractivity contribution in [3.63, 3.8) is 0 Å². The lowest BCUT2D eigenvalue weighted by molar-refractivity contribution is 0.157. The van der Waals surface area contributed by atoms with Crippen molar-refractivity contribution in [1.29, 1.82) is 0 Å². The van der Waals surface area contributed by atoms with Crippen molar-refractivity contribution < 1.29 is 13.5 Å². The Morgan fingerprint density at radius 2 is 2.00 bits per heavy atom. The second-order valence-electron chi connectivity index (χ2n) is 5.07. The van der Waals surface area contributed by atoms with Crippen LogP contribution in [0.1, 0.15) is 33.6 Å². The average Bonchev–Trinajstić information content (AvgIpc) is 2.39. The number of nitrogens with one attached hydrogen (secondary N) is 1. The monoisotopic (exact) mass is 249 g/mol. The lowest BCUT2D eigenvalue weighted by atomic mass is 9.99. The SMILES string of the molecule is CCC(C)CC(C)NC1CS(=O)(=O)CC1O.